The summed E-state index contributed by atoms with van der Waals surface area (Å²) in [6, 6.07) is 2.40. The van der Waals surface area contributed by atoms with Gasteiger partial charge in [0.15, 0.2) is 0 Å². The minimum atomic E-state index is -0.508. The van der Waals surface area contributed by atoms with Gasteiger partial charge in [-0.2, -0.15) is 5.26 Å². The molecule has 1 rings (SSSR count). The molecule has 1 aliphatic carbocycles. The van der Waals surface area contributed by atoms with Crippen LogP contribution in [0.15, 0.2) is 0 Å². The van der Waals surface area contributed by atoms with Gasteiger partial charge in [0.25, 0.3) is 0 Å². The van der Waals surface area contributed by atoms with Gasteiger partial charge >= 0.3 is 0 Å². The van der Waals surface area contributed by atoms with Crippen LogP contribution >= 0.6 is 0 Å². The number of rotatable bonds is 2. The van der Waals surface area contributed by atoms with Gasteiger partial charge in [-0.05, 0) is 30.6 Å². The summed E-state index contributed by atoms with van der Waals surface area (Å²) in [4.78, 5) is 0. The van der Waals surface area contributed by atoms with E-state index in [-0.39, 0.29) is 5.41 Å². The Morgan fingerprint density at radius 2 is 2.13 bits per heavy atom. The van der Waals surface area contributed by atoms with Crippen molar-refractivity contribution in [3.8, 4) is 6.07 Å². The fourth-order valence-corrected chi connectivity index (χ4v) is 2.77. The molecular formula is C13H23NO. The fourth-order valence-electron chi connectivity index (χ4n) is 2.77. The molecule has 2 heteroatoms. The Morgan fingerprint density at radius 1 is 1.53 bits per heavy atom. The third-order valence-electron chi connectivity index (χ3n) is 3.80. The van der Waals surface area contributed by atoms with E-state index in [1.54, 1.807) is 0 Å². The van der Waals surface area contributed by atoms with E-state index in [0.717, 1.165) is 25.7 Å². The maximum Gasteiger partial charge on any atom is 0.0840 e. The second-order valence-corrected chi connectivity index (χ2v) is 6.05. The van der Waals surface area contributed by atoms with E-state index in [1.807, 2.05) is 20.8 Å². The lowest BCUT2D eigenvalue weighted by atomic mass is 9.70. The molecule has 15 heavy (non-hydrogen) atoms. The predicted octanol–water partition coefficient (Wildman–Crippen LogP) is 3.11. The third kappa shape index (κ3) is 2.34. The van der Waals surface area contributed by atoms with Crippen molar-refractivity contribution >= 4 is 0 Å². The Labute approximate surface area is 93.3 Å². The van der Waals surface area contributed by atoms with Crippen LogP contribution in [0.1, 0.15) is 53.4 Å². The van der Waals surface area contributed by atoms with Crippen LogP contribution < -0.4 is 0 Å². The smallest absolute Gasteiger partial charge is 0.0840 e. The second kappa shape index (κ2) is 4.14. The van der Waals surface area contributed by atoms with Crippen molar-refractivity contribution in [2.75, 3.05) is 0 Å². The summed E-state index contributed by atoms with van der Waals surface area (Å²) in [6.45, 7) is 8.20. The lowest BCUT2D eigenvalue weighted by molar-refractivity contribution is -0.0208. The highest BCUT2D eigenvalue weighted by molar-refractivity contribution is 5.10. The number of hydrogen-bond acceptors (Lipinski definition) is 2. The number of nitriles is 1. The molecule has 0 amide bonds. The Morgan fingerprint density at radius 3 is 2.47 bits per heavy atom. The topological polar surface area (TPSA) is 44.0 Å². The standard InChI is InChI=1S/C13H23NO/c1-5-10-6-7-13(8-10,9-14)11(15)12(2,3)4/h10-11,15H,5-8H2,1-4H3. The molecule has 0 bridgehead atoms. The Kier molecular flexibility index (Phi) is 3.45. The van der Waals surface area contributed by atoms with Gasteiger partial charge in [0.1, 0.15) is 0 Å². The summed E-state index contributed by atoms with van der Waals surface area (Å²) in [7, 11) is 0. The van der Waals surface area contributed by atoms with Crippen LogP contribution in [-0.2, 0) is 0 Å². The largest absolute Gasteiger partial charge is 0.391 e. The van der Waals surface area contributed by atoms with Gasteiger partial charge < -0.3 is 5.11 Å². The Balaban J connectivity index is 2.85. The SMILES string of the molecule is CCC1CCC(C#N)(C(O)C(C)(C)C)C1. The molecule has 1 saturated carbocycles. The number of hydrogen-bond donors (Lipinski definition) is 1. The molecule has 0 aromatic carbocycles. The van der Waals surface area contributed by atoms with Gasteiger partial charge in [0.05, 0.1) is 17.6 Å². The minimum Gasteiger partial charge on any atom is -0.391 e. The van der Waals surface area contributed by atoms with Gasteiger partial charge in [0.2, 0.25) is 0 Å². The number of nitrogens with zero attached hydrogens (tertiary/aromatic N) is 1. The highest BCUT2D eigenvalue weighted by Crippen LogP contribution is 2.49. The number of aliphatic hydroxyl groups excluding tert-OH is 1. The first kappa shape index (κ1) is 12.5. The van der Waals surface area contributed by atoms with Crippen LogP contribution in [0.4, 0.5) is 0 Å². The molecule has 0 radical (unpaired) electrons. The summed E-state index contributed by atoms with van der Waals surface area (Å²) in [5.41, 5.74) is -0.683. The van der Waals surface area contributed by atoms with E-state index in [1.165, 1.54) is 0 Å². The lowest BCUT2D eigenvalue weighted by Gasteiger charge is -2.36. The molecule has 3 atom stereocenters. The second-order valence-electron chi connectivity index (χ2n) is 6.05. The summed E-state index contributed by atoms with van der Waals surface area (Å²) in [6.07, 6.45) is 3.45. The van der Waals surface area contributed by atoms with Crippen molar-refractivity contribution in [3.05, 3.63) is 0 Å². The minimum absolute atomic E-state index is 0.196. The van der Waals surface area contributed by atoms with Crippen LogP contribution in [0, 0.1) is 28.1 Å². The molecule has 0 saturated heterocycles. The van der Waals surface area contributed by atoms with E-state index in [9.17, 15) is 10.4 Å². The van der Waals surface area contributed by atoms with E-state index in [0.29, 0.717) is 5.92 Å². The molecular weight excluding hydrogens is 186 g/mol. The molecule has 1 N–H and O–H groups in total. The van der Waals surface area contributed by atoms with Crippen molar-refractivity contribution in [2.45, 2.75) is 59.5 Å². The molecule has 3 unspecified atom stereocenters. The average Bonchev–Trinajstić information content (AvgIpc) is 2.60. The molecule has 2 nitrogen and oxygen atoms in total. The first-order chi connectivity index (χ1) is 6.85. The third-order valence-corrected chi connectivity index (χ3v) is 3.80. The van der Waals surface area contributed by atoms with Crippen LogP contribution in [0.3, 0.4) is 0 Å². The quantitative estimate of drug-likeness (QED) is 0.759. The lowest BCUT2D eigenvalue weighted by Crippen LogP contribution is -2.41. The van der Waals surface area contributed by atoms with E-state index in [4.69, 9.17) is 0 Å². The summed E-state index contributed by atoms with van der Waals surface area (Å²) in [5, 5.41) is 19.7. The monoisotopic (exact) mass is 209 g/mol. The van der Waals surface area contributed by atoms with E-state index in [2.05, 4.69) is 13.0 Å². The summed E-state index contributed by atoms with van der Waals surface area (Å²) >= 11 is 0. The van der Waals surface area contributed by atoms with Crippen molar-refractivity contribution in [1.82, 2.24) is 0 Å². The fraction of sp³-hybridized carbons (Fsp3) is 0.923. The highest BCUT2D eigenvalue weighted by Gasteiger charge is 2.48. The molecule has 0 aromatic heterocycles. The zero-order valence-corrected chi connectivity index (χ0v) is 10.4. The van der Waals surface area contributed by atoms with Crippen molar-refractivity contribution in [1.29, 1.82) is 5.26 Å². The molecule has 1 fully saturated rings. The zero-order valence-electron chi connectivity index (χ0n) is 10.4. The number of aliphatic hydroxyl groups is 1. The van der Waals surface area contributed by atoms with Crippen molar-refractivity contribution < 1.29 is 5.11 Å². The maximum atomic E-state index is 10.3. The maximum absolute atomic E-state index is 10.3. The van der Waals surface area contributed by atoms with Gasteiger partial charge in [-0.15, -0.1) is 0 Å². The van der Waals surface area contributed by atoms with Crippen LogP contribution in [0.5, 0.6) is 0 Å². The van der Waals surface area contributed by atoms with Gasteiger partial charge in [0, 0.05) is 0 Å². The normalized spacial score (nSPS) is 33.7. The van der Waals surface area contributed by atoms with Gasteiger partial charge in [-0.3, -0.25) is 0 Å². The molecule has 86 valence electrons. The molecule has 0 aliphatic heterocycles. The van der Waals surface area contributed by atoms with Gasteiger partial charge in [-0.25, -0.2) is 0 Å². The molecule has 1 aliphatic rings. The predicted molar refractivity (Wildman–Crippen MR) is 61.1 cm³/mol. The van der Waals surface area contributed by atoms with Crippen molar-refractivity contribution in [3.63, 3.8) is 0 Å². The first-order valence-corrected chi connectivity index (χ1v) is 5.95. The summed E-state index contributed by atoms with van der Waals surface area (Å²) < 4.78 is 0. The first-order valence-electron chi connectivity index (χ1n) is 5.95. The highest BCUT2D eigenvalue weighted by atomic mass is 16.3. The van der Waals surface area contributed by atoms with Gasteiger partial charge in [-0.1, -0.05) is 34.1 Å². The Hall–Kier alpha value is -0.550. The van der Waals surface area contributed by atoms with E-state index >= 15 is 0 Å². The zero-order chi connectivity index (χ0) is 11.7. The van der Waals surface area contributed by atoms with Crippen molar-refractivity contribution in [2.24, 2.45) is 16.7 Å². The van der Waals surface area contributed by atoms with E-state index < -0.39 is 11.5 Å². The van der Waals surface area contributed by atoms with Crippen LogP contribution in [-0.4, -0.2) is 11.2 Å². The molecule has 0 spiro atoms. The summed E-state index contributed by atoms with van der Waals surface area (Å²) in [5.74, 6) is 0.627. The van der Waals surface area contributed by atoms with Crippen LogP contribution in [0.2, 0.25) is 0 Å². The molecule has 0 aromatic rings. The Bertz CT molecular complexity index is 261. The average molecular weight is 209 g/mol. The van der Waals surface area contributed by atoms with Crippen LogP contribution in [0.25, 0.3) is 0 Å². The molecule has 0 heterocycles.